The van der Waals surface area contributed by atoms with Gasteiger partial charge in [0.2, 0.25) is 0 Å². The second-order valence-corrected chi connectivity index (χ2v) is 5.02. The maximum absolute atomic E-state index is 5.42. The standard InChI is InChI=1S/C11H23N3O/c1-11(6-7-15-9-11)8-12-10(13(2)3)14(4)5/h6-9H2,1-5H3. The average Bonchev–Trinajstić information content (AvgIpc) is 2.51. The van der Waals surface area contributed by atoms with Crippen LogP contribution in [0.1, 0.15) is 13.3 Å². The Kier molecular flexibility index (Phi) is 3.97. The van der Waals surface area contributed by atoms with Crippen LogP contribution in [0.4, 0.5) is 0 Å². The molecule has 0 spiro atoms. The number of aliphatic imine (C=N–C) groups is 1. The fourth-order valence-corrected chi connectivity index (χ4v) is 1.78. The fraction of sp³-hybridized carbons (Fsp3) is 0.909. The van der Waals surface area contributed by atoms with Gasteiger partial charge in [-0.25, -0.2) is 0 Å². The van der Waals surface area contributed by atoms with E-state index in [1.807, 2.05) is 38.0 Å². The molecule has 1 aliphatic rings. The van der Waals surface area contributed by atoms with E-state index in [4.69, 9.17) is 4.74 Å². The zero-order chi connectivity index (χ0) is 11.5. The molecule has 1 saturated heterocycles. The minimum atomic E-state index is 0.233. The molecule has 1 aliphatic heterocycles. The van der Waals surface area contributed by atoms with E-state index in [9.17, 15) is 0 Å². The number of rotatable bonds is 2. The second kappa shape index (κ2) is 4.84. The molecule has 1 fully saturated rings. The van der Waals surface area contributed by atoms with E-state index in [-0.39, 0.29) is 5.41 Å². The van der Waals surface area contributed by atoms with Gasteiger partial charge in [-0.05, 0) is 6.42 Å². The van der Waals surface area contributed by atoms with E-state index in [1.54, 1.807) is 0 Å². The molecule has 0 aromatic carbocycles. The first-order chi connectivity index (χ1) is 6.94. The topological polar surface area (TPSA) is 28.1 Å². The smallest absolute Gasteiger partial charge is 0.195 e. The molecule has 88 valence electrons. The van der Waals surface area contributed by atoms with Gasteiger partial charge < -0.3 is 14.5 Å². The summed E-state index contributed by atoms with van der Waals surface area (Å²) in [5.41, 5.74) is 0.233. The van der Waals surface area contributed by atoms with Gasteiger partial charge in [0.1, 0.15) is 0 Å². The highest BCUT2D eigenvalue weighted by molar-refractivity contribution is 5.79. The molecule has 4 nitrogen and oxygen atoms in total. The van der Waals surface area contributed by atoms with Crippen molar-refractivity contribution in [1.82, 2.24) is 9.80 Å². The van der Waals surface area contributed by atoms with E-state index in [0.29, 0.717) is 0 Å². The minimum Gasteiger partial charge on any atom is -0.381 e. The van der Waals surface area contributed by atoms with Crippen LogP contribution in [0.2, 0.25) is 0 Å². The zero-order valence-corrected chi connectivity index (χ0v) is 10.6. The lowest BCUT2D eigenvalue weighted by Gasteiger charge is -2.25. The van der Waals surface area contributed by atoms with Crippen LogP contribution in [0, 0.1) is 5.41 Å². The third-order valence-electron chi connectivity index (χ3n) is 2.70. The van der Waals surface area contributed by atoms with Crippen molar-refractivity contribution >= 4 is 5.96 Å². The summed E-state index contributed by atoms with van der Waals surface area (Å²) >= 11 is 0. The number of ether oxygens (including phenoxy) is 1. The Morgan fingerprint density at radius 3 is 2.27 bits per heavy atom. The molecule has 1 heterocycles. The molecule has 0 bridgehead atoms. The van der Waals surface area contributed by atoms with Crippen LogP contribution in [0.5, 0.6) is 0 Å². The minimum absolute atomic E-state index is 0.233. The summed E-state index contributed by atoms with van der Waals surface area (Å²) in [6.45, 7) is 4.81. The molecule has 15 heavy (non-hydrogen) atoms. The van der Waals surface area contributed by atoms with E-state index in [2.05, 4.69) is 11.9 Å². The highest BCUT2D eigenvalue weighted by Crippen LogP contribution is 2.27. The Morgan fingerprint density at radius 1 is 1.27 bits per heavy atom. The highest BCUT2D eigenvalue weighted by Gasteiger charge is 2.29. The van der Waals surface area contributed by atoms with Crippen molar-refractivity contribution in [3.8, 4) is 0 Å². The molecule has 1 rings (SSSR count). The summed E-state index contributed by atoms with van der Waals surface area (Å²) in [6.07, 6.45) is 1.12. The summed E-state index contributed by atoms with van der Waals surface area (Å²) in [4.78, 5) is 8.75. The van der Waals surface area contributed by atoms with Crippen LogP contribution < -0.4 is 0 Å². The highest BCUT2D eigenvalue weighted by atomic mass is 16.5. The Hall–Kier alpha value is -0.770. The van der Waals surface area contributed by atoms with Crippen LogP contribution in [0.25, 0.3) is 0 Å². The van der Waals surface area contributed by atoms with Crippen LogP contribution in [-0.2, 0) is 4.74 Å². The fourth-order valence-electron chi connectivity index (χ4n) is 1.78. The molecule has 0 saturated carbocycles. The van der Waals surface area contributed by atoms with Gasteiger partial charge in [0, 0.05) is 40.2 Å². The maximum atomic E-state index is 5.42. The molecule has 0 N–H and O–H groups in total. The Labute approximate surface area is 92.9 Å². The SMILES string of the molecule is CN(C)C(=NCC1(C)CCOC1)N(C)C. The lowest BCUT2D eigenvalue weighted by atomic mass is 9.90. The first-order valence-electron chi connectivity index (χ1n) is 5.41. The predicted molar refractivity (Wildman–Crippen MR) is 63.2 cm³/mol. The van der Waals surface area contributed by atoms with Crippen molar-refractivity contribution in [2.24, 2.45) is 10.4 Å². The molecule has 0 radical (unpaired) electrons. The van der Waals surface area contributed by atoms with Gasteiger partial charge in [-0.3, -0.25) is 4.99 Å². The van der Waals surface area contributed by atoms with E-state index < -0.39 is 0 Å². The van der Waals surface area contributed by atoms with Crippen LogP contribution in [-0.4, -0.2) is 63.7 Å². The van der Waals surface area contributed by atoms with Gasteiger partial charge in [-0.1, -0.05) is 6.92 Å². The molecule has 0 aliphatic carbocycles. The van der Waals surface area contributed by atoms with E-state index in [1.165, 1.54) is 0 Å². The Bertz CT molecular complexity index is 220. The number of hydrogen-bond donors (Lipinski definition) is 0. The molecule has 0 aromatic heterocycles. The van der Waals surface area contributed by atoms with Gasteiger partial charge in [-0.15, -0.1) is 0 Å². The molecular formula is C11H23N3O. The van der Waals surface area contributed by atoms with Crippen molar-refractivity contribution in [2.75, 3.05) is 47.9 Å². The van der Waals surface area contributed by atoms with Crippen molar-refractivity contribution in [3.63, 3.8) is 0 Å². The third-order valence-corrected chi connectivity index (χ3v) is 2.70. The van der Waals surface area contributed by atoms with E-state index >= 15 is 0 Å². The average molecular weight is 213 g/mol. The van der Waals surface area contributed by atoms with Gasteiger partial charge in [0.05, 0.1) is 13.2 Å². The van der Waals surface area contributed by atoms with Crippen LogP contribution in [0.15, 0.2) is 4.99 Å². The predicted octanol–water partition coefficient (Wildman–Crippen LogP) is 0.892. The normalized spacial score (nSPS) is 25.1. The number of hydrogen-bond acceptors (Lipinski definition) is 2. The van der Waals surface area contributed by atoms with E-state index in [0.717, 1.165) is 32.1 Å². The van der Waals surface area contributed by atoms with Gasteiger partial charge >= 0.3 is 0 Å². The quantitative estimate of drug-likeness (QED) is 0.504. The maximum Gasteiger partial charge on any atom is 0.195 e. The molecular weight excluding hydrogens is 190 g/mol. The number of nitrogens with zero attached hydrogens (tertiary/aromatic N) is 3. The second-order valence-electron chi connectivity index (χ2n) is 5.02. The van der Waals surface area contributed by atoms with Gasteiger partial charge in [0.25, 0.3) is 0 Å². The number of guanidine groups is 1. The first-order valence-corrected chi connectivity index (χ1v) is 5.41. The molecule has 1 unspecified atom stereocenters. The van der Waals surface area contributed by atoms with Crippen molar-refractivity contribution < 1.29 is 4.74 Å². The largest absolute Gasteiger partial charge is 0.381 e. The third kappa shape index (κ3) is 3.38. The summed E-state index contributed by atoms with van der Waals surface area (Å²) in [5.74, 6) is 1.02. The van der Waals surface area contributed by atoms with Crippen molar-refractivity contribution in [1.29, 1.82) is 0 Å². The molecule has 1 atom stereocenters. The van der Waals surface area contributed by atoms with Crippen molar-refractivity contribution in [2.45, 2.75) is 13.3 Å². The lowest BCUT2D eigenvalue weighted by molar-refractivity contribution is 0.162. The zero-order valence-electron chi connectivity index (χ0n) is 10.6. The van der Waals surface area contributed by atoms with Gasteiger partial charge in [0.15, 0.2) is 5.96 Å². The van der Waals surface area contributed by atoms with Crippen LogP contribution >= 0.6 is 0 Å². The lowest BCUT2D eigenvalue weighted by Crippen LogP contribution is -2.36. The van der Waals surface area contributed by atoms with Crippen molar-refractivity contribution in [3.05, 3.63) is 0 Å². The summed E-state index contributed by atoms with van der Waals surface area (Å²) in [7, 11) is 8.08. The van der Waals surface area contributed by atoms with Gasteiger partial charge in [-0.2, -0.15) is 0 Å². The summed E-state index contributed by atoms with van der Waals surface area (Å²) < 4.78 is 5.42. The molecule has 4 heteroatoms. The Balaban J connectivity index is 2.60. The summed E-state index contributed by atoms with van der Waals surface area (Å²) in [5, 5.41) is 0. The first kappa shape index (κ1) is 12.3. The molecule has 0 aromatic rings. The molecule has 0 amide bonds. The monoisotopic (exact) mass is 213 g/mol. The van der Waals surface area contributed by atoms with Crippen LogP contribution in [0.3, 0.4) is 0 Å². The Morgan fingerprint density at radius 2 is 1.87 bits per heavy atom. The summed E-state index contributed by atoms with van der Waals surface area (Å²) in [6, 6.07) is 0.